The van der Waals surface area contributed by atoms with Gasteiger partial charge in [0, 0.05) is 5.56 Å². The molecule has 1 N–H and O–H groups in total. The lowest BCUT2D eigenvalue weighted by Gasteiger charge is -2.11. The molecule has 0 bridgehead atoms. The second-order valence-corrected chi connectivity index (χ2v) is 6.91. The van der Waals surface area contributed by atoms with Crippen molar-refractivity contribution >= 4 is 23.4 Å². The Morgan fingerprint density at radius 1 is 1.10 bits per heavy atom. The Morgan fingerprint density at radius 3 is 2.43 bits per heavy atom. The number of aromatic nitrogens is 2. The normalized spacial score (nSPS) is 11.2. The van der Waals surface area contributed by atoms with Crippen LogP contribution in [0.2, 0.25) is 0 Å². The van der Waals surface area contributed by atoms with Gasteiger partial charge >= 0.3 is 6.18 Å². The SMILES string of the molecule is COc1ccc(-c2cc(C(F)(F)F)nc(SCC(=O)Nc3ccccc3F)n2)cc1. The number of halogens is 4. The van der Waals surface area contributed by atoms with Crippen LogP contribution in [0.1, 0.15) is 5.69 Å². The topological polar surface area (TPSA) is 64.1 Å². The zero-order valence-electron chi connectivity index (χ0n) is 15.5. The second-order valence-electron chi connectivity index (χ2n) is 5.96. The summed E-state index contributed by atoms with van der Waals surface area (Å²) in [6.45, 7) is 0. The van der Waals surface area contributed by atoms with Crippen molar-refractivity contribution in [2.24, 2.45) is 0 Å². The molecule has 0 aliphatic rings. The molecule has 0 saturated heterocycles. The fraction of sp³-hybridized carbons (Fsp3) is 0.150. The first-order valence-electron chi connectivity index (χ1n) is 8.54. The van der Waals surface area contributed by atoms with Gasteiger partial charge in [0.25, 0.3) is 0 Å². The Hall–Kier alpha value is -3.14. The third-order valence-electron chi connectivity index (χ3n) is 3.86. The Bertz CT molecular complexity index is 1040. The number of nitrogens with zero attached hydrogens (tertiary/aromatic N) is 2. The van der Waals surface area contributed by atoms with Gasteiger partial charge < -0.3 is 10.1 Å². The van der Waals surface area contributed by atoms with Gasteiger partial charge in [0.2, 0.25) is 5.91 Å². The number of benzene rings is 2. The van der Waals surface area contributed by atoms with Gasteiger partial charge in [-0.1, -0.05) is 23.9 Å². The number of amides is 1. The lowest BCUT2D eigenvalue weighted by molar-refractivity contribution is -0.141. The Morgan fingerprint density at radius 2 is 1.80 bits per heavy atom. The summed E-state index contributed by atoms with van der Waals surface area (Å²) in [5, 5.41) is 2.13. The van der Waals surface area contributed by atoms with Crippen molar-refractivity contribution < 1.29 is 27.1 Å². The lowest BCUT2D eigenvalue weighted by atomic mass is 10.1. The summed E-state index contributed by atoms with van der Waals surface area (Å²) in [6.07, 6.45) is -4.69. The number of anilines is 1. The van der Waals surface area contributed by atoms with Crippen LogP contribution in [0.5, 0.6) is 5.75 Å². The van der Waals surface area contributed by atoms with Crippen molar-refractivity contribution in [1.29, 1.82) is 0 Å². The standard InChI is InChI=1S/C20H15F4N3O2S/c1-29-13-8-6-12(7-9-13)16-10-17(20(22,23)24)27-19(26-16)30-11-18(28)25-15-5-3-2-4-14(15)21/h2-10H,11H2,1H3,(H,25,28). The maximum atomic E-state index is 13.6. The molecule has 0 unspecified atom stereocenters. The fourth-order valence-corrected chi connectivity index (χ4v) is 3.08. The van der Waals surface area contributed by atoms with Crippen LogP contribution in [0.3, 0.4) is 0 Å². The number of alkyl halides is 3. The third-order valence-corrected chi connectivity index (χ3v) is 4.71. The van der Waals surface area contributed by atoms with E-state index in [-0.39, 0.29) is 22.3 Å². The molecule has 1 amide bonds. The number of carbonyl (C=O) groups excluding carboxylic acids is 1. The van der Waals surface area contributed by atoms with E-state index in [1.54, 1.807) is 30.3 Å². The molecule has 0 spiro atoms. The van der Waals surface area contributed by atoms with E-state index in [1.807, 2.05) is 0 Å². The van der Waals surface area contributed by atoms with Crippen LogP contribution in [-0.4, -0.2) is 28.7 Å². The number of rotatable bonds is 6. The molecule has 0 aliphatic heterocycles. The van der Waals surface area contributed by atoms with Crippen molar-refractivity contribution in [3.63, 3.8) is 0 Å². The molecule has 30 heavy (non-hydrogen) atoms. The first-order valence-corrected chi connectivity index (χ1v) is 9.52. The predicted molar refractivity (Wildman–Crippen MR) is 105 cm³/mol. The fourth-order valence-electron chi connectivity index (χ4n) is 2.42. The van der Waals surface area contributed by atoms with Gasteiger partial charge in [-0.15, -0.1) is 0 Å². The van der Waals surface area contributed by atoms with E-state index >= 15 is 0 Å². The molecule has 156 valence electrons. The number of thioether (sulfide) groups is 1. The number of hydrogen-bond donors (Lipinski definition) is 1. The minimum Gasteiger partial charge on any atom is -0.497 e. The number of para-hydroxylation sites is 1. The van der Waals surface area contributed by atoms with Crippen molar-refractivity contribution in [2.45, 2.75) is 11.3 Å². The van der Waals surface area contributed by atoms with E-state index in [4.69, 9.17) is 4.74 Å². The highest BCUT2D eigenvalue weighted by Crippen LogP contribution is 2.32. The van der Waals surface area contributed by atoms with E-state index in [2.05, 4.69) is 15.3 Å². The lowest BCUT2D eigenvalue weighted by Crippen LogP contribution is -2.16. The summed E-state index contributed by atoms with van der Waals surface area (Å²) >= 11 is 0.719. The van der Waals surface area contributed by atoms with Crippen molar-refractivity contribution in [2.75, 3.05) is 18.2 Å². The molecule has 0 radical (unpaired) electrons. The van der Waals surface area contributed by atoms with E-state index in [9.17, 15) is 22.4 Å². The molecule has 0 atom stereocenters. The van der Waals surface area contributed by atoms with Gasteiger partial charge in [-0.2, -0.15) is 13.2 Å². The summed E-state index contributed by atoms with van der Waals surface area (Å²) in [7, 11) is 1.47. The summed E-state index contributed by atoms with van der Waals surface area (Å²) in [5.41, 5.74) is -0.661. The maximum Gasteiger partial charge on any atom is 0.433 e. The van der Waals surface area contributed by atoms with Crippen LogP contribution in [0.4, 0.5) is 23.2 Å². The van der Waals surface area contributed by atoms with Gasteiger partial charge in [0.05, 0.1) is 24.2 Å². The van der Waals surface area contributed by atoms with Gasteiger partial charge in [0.15, 0.2) is 5.16 Å². The van der Waals surface area contributed by atoms with Crippen LogP contribution in [0.25, 0.3) is 11.3 Å². The Kier molecular flexibility index (Phi) is 6.56. The van der Waals surface area contributed by atoms with Crippen molar-refractivity contribution in [3.05, 3.63) is 66.1 Å². The largest absolute Gasteiger partial charge is 0.497 e. The molecule has 10 heteroatoms. The first kappa shape index (κ1) is 21.6. The molecule has 5 nitrogen and oxygen atoms in total. The third kappa shape index (κ3) is 5.47. The smallest absolute Gasteiger partial charge is 0.433 e. The first-order chi connectivity index (χ1) is 14.3. The molecular formula is C20H15F4N3O2S. The summed E-state index contributed by atoms with van der Waals surface area (Å²) in [5.74, 6) is -0.967. The van der Waals surface area contributed by atoms with Crippen LogP contribution < -0.4 is 10.1 Å². The molecule has 3 rings (SSSR count). The second kappa shape index (κ2) is 9.12. The van der Waals surface area contributed by atoms with Crippen molar-refractivity contribution in [3.8, 4) is 17.0 Å². The molecule has 1 aromatic heterocycles. The number of nitrogens with one attached hydrogen (secondary N) is 1. The van der Waals surface area contributed by atoms with Gasteiger partial charge in [-0.3, -0.25) is 4.79 Å². The summed E-state index contributed by atoms with van der Waals surface area (Å²) in [4.78, 5) is 19.7. The van der Waals surface area contributed by atoms with Gasteiger partial charge in [-0.05, 0) is 42.5 Å². The quantitative estimate of drug-likeness (QED) is 0.333. The minimum atomic E-state index is -4.69. The van der Waals surface area contributed by atoms with Crippen LogP contribution in [-0.2, 0) is 11.0 Å². The highest BCUT2D eigenvalue weighted by molar-refractivity contribution is 7.99. The molecule has 3 aromatic rings. The van der Waals surface area contributed by atoms with E-state index in [0.717, 1.165) is 17.8 Å². The number of ether oxygens (including phenoxy) is 1. The van der Waals surface area contributed by atoms with E-state index < -0.39 is 23.6 Å². The molecule has 2 aromatic carbocycles. The predicted octanol–water partition coefficient (Wildman–Crippen LogP) is 5.04. The highest BCUT2D eigenvalue weighted by atomic mass is 32.2. The zero-order chi connectivity index (χ0) is 21.7. The molecular weight excluding hydrogens is 422 g/mol. The summed E-state index contributed by atoms with van der Waals surface area (Å²) in [6, 6.07) is 12.7. The average molecular weight is 437 g/mol. The number of carbonyl (C=O) groups is 1. The number of hydrogen-bond acceptors (Lipinski definition) is 5. The Labute approximate surface area is 173 Å². The number of methoxy groups -OCH3 is 1. The summed E-state index contributed by atoms with van der Waals surface area (Å²) < 4.78 is 58.5. The van der Waals surface area contributed by atoms with Gasteiger partial charge in [0.1, 0.15) is 17.3 Å². The molecule has 0 aliphatic carbocycles. The van der Waals surface area contributed by atoms with Gasteiger partial charge in [-0.25, -0.2) is 14.4 Å². The average Bonchev–Trinajstić information content (AvgIpc) is 2.73. The van der Waals surface area contributed by atoms with Crippen LogP contribution >= 0.6 is 11.8 Å². The van der Waals surface area contributed by atoms with E-state index in [0.29, 0.717) is 11.3 Å². The van der Waals surface area contributed by atoms with Crippen molar-refractivity contribution in [1.82, 2.24) is 9.97 Å². The van der Waals surface area contributed by atoms with Crippen LogP contribution in [0.15, 0.2) is 59.8 Å². The van der Waals surface area contributed by atoms with E-state index in [1.165, 1.54) is 25.3 Å². The molecule has 1 heterocycles. The maximum absolute atomic E-state index is 13.6. The Balaban J connectivity index is 1.81. The highest BCUT2D eigenvalue weighted by Gasteiger charge is 2.34. The molecule has 0 saturated carbocycles. The monoisotopic (exact) mass is 437 g/mol. The van der Waals surface area contributed by atoms with Crippen LogP contribution in [0, 0.1) is 5.82 Å². The zero-order valence-corrected chi connectivity index (χ0v) is 16.4. The minimum absolute atomic E-state index is 0.0213. The molecule has 0 fully saturated rings.